The molecule has 0 fully saturated rings. The zero-order chi connectivity index (χ0) is 22.8. The first-order chi connectivity index (χ1) is 15.3. The van der Waals surface area contributed by atoms with Gasteiger partial charge in [0.25, 0.3) is 5.56 Å². The van der Waals surface area contributed by atoms with Crippen LogP contribution in [0.5, 0.6) is 0 Å². The van der Waals surface area contributed by atoms with E-state index in [1.54, 1.807) is 6.26 Å². The van der Waals surface area contributed by atoms with Gasteiger partial charge in [-0.05, 0) is 98.4 Å². The first kappa shape index (κ1) is 21.8. The monoisotopic (exact) mass is 445 g/mol. The van der Waals surface area contributed by atoms with E-state index in [4.69, 9.17) is 16.6 Å². The van der Waals surface area contributed by atoms with E-state index in [1.807, 2.05) is 55.1 Å². The maximum Gasteiger partial charge on any atom is 0.253 e. The van der Waals surface area contributed by atoms with Crippen molar-refractivity contribution in [3.05, 3.63) is 98.7 Å². The zero-order valence-corrected chi connectivity index (χ0v) is 19.6. The maximum atomic E-state index is 12.9. The van der Waals surface area contributed by atoms with Crippen LogP contribution in [0.3, 0.4) is 0 Å². The summed E-state index contributed by atoms with van der Waals surface area (Å²) in [5, 5.41) is 4.89. The summed E-state index contributed by atoms with van der Waals surface area (Å²) in [6.45, 7) is 9.04. The number of H-pyrrole nitrogens is 1. The topological polar surface area (TPSA) is 61.3 Å². The normalized spacial score (nSPS) is 11.0. The van der Waals surface area contributed by atoms with Crippen molar-refractivity contribution in [3.63, 3.8) is 0 Å². The standard InChI is InChI=1S/C26H27N3O2S/c1-16-7-8-23(19(4)10-16)28-26(32)29(15-22-6-5-9-31-22)14-21-13-20-11-17(2)18(3)12-24(20)27-25(21)30/h5-13H,14-15H2,1-4H3,(H,27,30)(H,28,32). The smallest absolute Gasteiger partial charge is 0.253 e. The third-order valence-electron chi connectivity index (χ3n) is 5.73. The molecule has 6 heteroatoms. The number of anilines is 1. The van der Waals surface area contributed by atoms with E-state index in [0.29, 0.717) is 23.8 Å². The zero-order valence-electron chi connectivity index (χ0n) is 18.8. The highest BCUT2D eigenvalue weighted by atomic mass is 32.1. The van der Waals surface area contributed by atoms with Crippen LogP contribution in [0.4, 0.5) is 5.69 Å². The van der Waals surface area contributed by atoms with Gasteiger partial charge in [0.2, 0.25) is 0 Å². The number of aromatic nitrogens is 1. The van der Waals surface area contributed by atoms with Crippen molar-refractivity contribution in [2.75, 3.05) is 5.32 Å². The van der Waals surface area contributed by atoms with E-state index < -0.39 is 0 Å². The molecular formula is C26H27N3O2S. The highest BCUT2D eigenvalue weighted by Gasteiger charge is 2.16. The van der Waals surface area contributed by atoms with Gasteiger partial charge in [-0.15, -0.1) is 0 Å². The van der Waals surface area contributed by atoms with E-state index in [-0.39, 0.29) is 5.56 Å². The Morgan fingerprint density at radius 3 is 2.50 bits per heavy atom. The van der Waals surface area contributed by atoms with Gasteiger partial charge in [-0.3, -0.25) is 4.79 Å². The van der Waals surface area contributed by atoms with Gasteiger partial charge in [-0.25, -0.2) is 0 Å². The SMILES string of the molecule is Cc1ccc(NC(=S)N(Cc2ccco2)Cc2cc3cc(C)c(C)cc3[nH]c2=O)c(C)c1. The van der Waals surface area contributed by atoms with Crippen molar-refractivity contribution < 1.29 is 4.42 Å². The summed E-state index contributed by atoms with van der Waals surface area (Å²) in [7, 11) is 0. The van der Waals surface area contributed by atoms with Crippen molar-refractivity contribution in [1.82, 2.24) is 9.88 Å². The molecule has 2 heterocycles. The number of rotatable bonds is 5. The Morgan fingerprint density at radius 2 is 1.78 bits per heavy atom. The predicted octanol–water partition coefficient (Wildman–Crippen LogP) is 5.75. The molecule has 2 aromatic carbocycles. The first-order valence-electron chi connectivity index (χ1n) is 10.6. The van der Waals surface area contributed by atoms with Crippen LogP contribution in [0, 0.1) is 27.7 Å². The summed E-state index contributed by atoms with van der Waals surface area (Å²) < 4.78 is 5.56. The number of fused-ring (bicyclic) bond motifs is 1. The van der Waals surface area contributed by atoms with Crippen LogP contribution in [0.2, 0.25) is 0 Å². The Balaban J connectivity index is 1.66. The van der Waals surface area contributed by atoms with Crippen LogP contribution in [0.15, 0.2) is 64.0 Å². The molecule has 0 unspecified atom stereocenters. The fourth-order valence-electron chi connectivity index (χ4n) is 3.78. The molecule has 4 rings (SSSR count). The summed E-state index contributed by atoms with van der Waals surface area (Å²) in [4.78, 5) is 17.8. The molecule has 0 aliphatic heterocycles. The molecule has 0 atom stereocenters. The van der Waals surface area contributed by atoms with Crippen LogP contribution in [0.1, 0.15) is 33.6 Å². The van der Waals surface area contributed by atoms with E-state index in [9.17, 15) is 4.79 Å². The van der Waals surface area contributed by atoms with E-state index >= 15 is 0 Å². The maximum absolute atomic E-state index is 12.9. The van der Waals surface area contributed by atoms with Gasteiger partial charge in [0.1, 0.15) is 5.76 Å². The van der Waals surface area contributed by atoms with Crippen LogP contribution >= 0.6 is 12.2 Å². The quantitative estimate of drug-likeness (QED) is 0.383. The number of benzene rings is 2. The molecule has 0 amide bonds. The van der Waals surface area contributed by atoms with Crippen molar-refractivity contribution in [3.8, 4) is 0 Å². The summed E-state index contributed by atoms with van der Waals surface area (Å²) in [6, 6.07) is 16.0. The van der Waals surface area contributed by atoms with Crippen LogP contribution in [-0.4, -0.2) is 15.0 Å². The highest BCUT2D eigenvalue weighted by molar-refractivity contribution is 7.80. The minimum Gasteiger partial charge on any atom is -0.467 e. The molecule has 0 bridgehead atoms. The average molecular weight is 446 g/mol. The van der Waals surface area contributed by atoms with Crippen molar-refractivity contribution in [1.29, 1.82) is 0 Å². The van der Waals surface area contributed by atoms with Crippen molar-refractivity contribution >= 4 is 33.9 Å². The lowest BCUT2D eigenvalue weighted by Crippen LogP contribution is -2.35. The highest BCUT2D eigenvalue weighted by Crippen LogP contribution is 2.20. The van der Waals surface area contributed by atoms with Gasteiger partial charge in [0, 0.05) is 16.8 Å². The number of hydrogen-bond acceptors (Lipinski definition) is 3. The van der Waals surface area contributed by atoms with Crippen molar-refractivity contribution in [2.24, 2.45) is 0 Å². The summed E-state index contributed by atoms with van der Waals surface area (Å²) in [5.74, 6) is 0.776. The fourth-order valence-corrected chi connectivity index (χ4v) is 4.02. The molecule has 164 valence electrons. The minimum atomic E-state index is -0.112. The van der Waals surface area contributed by atoms with Crippen LogP contribution < -0.4 is 10.9 Å². The number of aryl methyl sites for hydroxylation is 4. The molecular weight excluding hydrogens is 418 g/mol. The lowest BCUT2D eigenvalue weighted by Gasteiger charge is -2.25. The summed E-state index contributed by atoms with van der Waals surface area (Å²) >= 11 is 5.76. The number of thiocarbonyl (C=S) groups is 1. The number of pyridine rings is 1. The number of nitrogens with zero attached hydrogens (tertiary/aromatic N) is 1. The molecule has 0 spiro atoms. The average Bonchev–Trinajstić information content (AvgIpc) is 3.25. The third kappa shape index (κ3) is 4.75. The Bertz CT molecular complexity index is 1340. The van der Waals surface area contributed by atoms with Gasteiger partial charge in [0.05, 0.1) is 19.4 Å². The largest absolute Gasteiger partial charge is 0.467 e. The molecule has 2 aromatic heterocycles. The predicted molar refractivity (Wildman–Crippen MR) is 134 cm³/mol. The van der Waals surface area contributed by atoms with E-state index in [1.165, 1.54) is 11.1 Å². The Kier molecular flexibility index (Phi) is 6.15. The molecule has 5 nitrogen and oxygen atoms in total. The Morgan fingerprint density at radius 1 is 1.00 bits per heavy atom. The number of furan rings is 1. The van der Waals surface area contributed by atoms with E-state index in [0.717, 1.165) is 33.5 Å². The van der Waals surface area contributed by atoms with Gasteiger partial charge in [-0.1, -0.05) is 17.7 Å². The van der Waals surface area contributed by atoms with E-state index in [2.05, 4.69) is 36.3 Å². The van der Waals surface area contributed by atoms with Gasteiger partial charge < -0.3 is 19.6 Å². The van der Waals surface area contributed by atoms with Gasteiger partial charge in [0.15, 0.2) is 5.11 Å². The number of nitrogens with one attached hydrogen (secondary N) is 2. The lowest BCUT2D eigenvalue weighted by atomic mass is 10.0. The minimum absolute atomic E-state index is 0.112. The molecule has 32 heavy (non-hydrogen) atoms. The molecule has 0 saturated heterocycles. The molecule has 0 aliphatic rings. The second-order valence-corrected chi connectivity index (χ2v) is 8.72. The van der Waals surface area contributed by atoms with Gasteiger partial charge in [-0.2, -0.15) is 0 Å². The first-order valence-corrected chi connectivity index (χ1v) is 11.0. The van der Waals surface area contributed by atoms with Gasteiger partial charge >= 0.3 is 0 Å². The Labute approximate surface area is 193 Å². The Hall–Kier alpha value is -3.38. The second-order valence-electron chi connectivity index (χ2n) is 8.33. The molecule has 4 aromatic rings. The van der Waals surface area contributed by atoms with Crippen LogP contribution in [-0.2, 0) is 13.1 Å². The molecule has 0 aliphatic carbocycles. The summed E-state index contributed by atoms with van der Waals surface area (Å²) in [5.41, 5.74) is 6.98. The molecule has 0 radical (unpaired) electrons. The second kappa shape index (κ2) is 9.01. The molecule has 0 saturated carbocycles. The number of hydrogen-bond donors (Lipinski definition) is 2. The van der Waals surface area contributed by atoms with Crippen molar-refractivity contribution in [2.45, 2.75) is 40.8 Å². The van der Waals surface area contributed by atoms with Crippen LogP contribution in [0.25, 0.3) is 10.9 Å². The molecule has 2 N–H and O–H groups in total. The lowest BCUT2D eigenvalue weighted by molar-refractivity contribution is 0.359. The fraction of sp³-hybridized carbons (Fsp3) is 0.231. The third-order valence-corrected chi connectivity index (χ3v) is 6.09. The summed E-state index contributed by atoms with van der Waals surface area (Å²) in [6.07, 6.45) is 1.64. The number of aromatic amines is 1.